The summed E-state index contributed by atoms with van der Waals surface area (Å²) in [5.41, 5.74) is 2.12. The van der Waals surface area contributed by atoms with E-state index in [-0.39, 0.29) is 0 Å². The van der Waals surface area contributed by atoms with Crippen LogP contribution in [0.1, 0.15) is 19.4 Å². The Labute approximate surface area is 107 Å². The van der Waals surface area contributed by atoms with Crippen LogP contribution in [-0.4, -0.2) is 0 Å². The van der Waals surface area contributed by atoms with Crippen molar-refractivity contribution in [1.82, 2.24) is 0 Å². The summed E-state index contributed by atoms with van der Waals surface area (Å²) >= 11 is 0. The van der Waals surface area contributed by atoms with Crippen LogP contribution in [0.5, 0.6) is 0 Å². The topological polar surface area (TPSA) is 13.1 Å². The Hall–Kier alpha value is -2.02. The molecule has 0 saturated carbocycles. The first kappa shape index (κ1) is 11.1. The zero-order valence-corrected chi connectivity index (χ0v) is 10.7. The molecule has 0 bridgehead atoms. The van der Waals surface area contributed by atoms with E-state index in [1.165, 1.54) is 16.2 Å². The Kier molecular flexibility index (Phi) is 2.67. The number of rotatable bonds is 2. The standard InChI is InChI=1S/C17H16O/c1-12(2)7-8-14-11-18-16-10-9-13-5-3-4-6-15(13)17(14)16/h3-12H,1-2H3. The van der Waals surface area contributed by atoms with Gasteiger partial charge in [-0.05, 0) is 22.8 Å². The minimum Gasteiger partial charge on any atom is -0.464 e. The van der Waals surface area contributed by atoms with Crippen LogP contribution in [0.3, 0.4) is 0 Å². The van der Waals surface area contributed by atoms with Gasteiger partial charge in [0.2, 0.25) is 0 Å². The number of hydrogen-bond donors (Lipinski definition) is 0. The molecule has 0 unspecified atom stereocenters. The lowest BCUT2D eigenvalue weighted by Crippen LogP contribution is -1.78. The van der Waals surface area contributed by atoms with E-state index in [1.54, 1.807) is 0 Å². The van der Waals surface area contributed by atoms with Gasteiger partial charge in [0.1, 0.15) is 5.58 Å². The van der Waals surface area contributed by atoms with Crippen LogP contribution >= 0.6 is 0 Å². The molecule has 0 aliphatic carbocycles. The highest BCUT2D eigenvalue weighted by Gasteiger charge is 2.07. The lowest BCUT2D eigenvalue weighted by Gasteiger charge is -2.00. The summed E-state index contributed by atoms with van der Waals surface area (Å²) in [6.07, 6.45) is 6.20. The second-order valence-corrected chi connectivity index (χ2v) is 4.95. The third-order valence-corrected chi connectivity index (χ3v) is 3.15. The summed E-state index contributed by atoms with van der Waals surface area (Å²) in [6, 6.07) is 12.6. The first-order chi connectivity index (χ1) is 8.75. The van der Waals surface area contributed by atoms with Crippen molar-refractivity contribution in [3.05, 3.63) is 54.3 Å². The number of fused-ring (bicyclic) bond motifs is 3. The molecule has 0 aliphatic rings. The summed E-state index contributed by atoms with van der Waals surface area (Å²) in [4.78, 5) is 0. The largest absolute Gasteiger partial charge is 0.464 e. The average molecular weight is 236 g/mol. The quantitative estimate of drug-likeness (QED) is 0.592. The van der Waals surface area contributed by atoms with Crippen molar-refractivity contribution < 1.29 is 4.42 Å². The fourth-order valence-corrected chi connectivity index (χ4v) is 2.25. The molecule has 1 nitrogen and oxygen atoms in total. The Balaban J connectivity index is 2.30. The van der Waals surface area contributed by atoms with E-state index in [9.17, 15) is 0 Å². The first-order valence-electron chi connectivity index (χ1n) is 6.33. The van der Waals surface area contributed by atoms with Crippen molar-refractivity contribution in [2.24, 2.45) is 5.92 Å². The Bertz CT molecular complexity index is 717. The maximum absolute atomic E-state index is 5.64. The van der Waals surface area contributed by atoms with Gasteiger partial charge in [-0.2, -0.15) is 0 Å². The first-order valence-corrected chi connectivity index (χ1v) is 6.33. The van der Waals surface area contributed by atoms with Gasteiger partial charge in [0.25, 0.3) is 0 Å². The highest BCUT2D eigenvalue weighted by atomic mass is 16.3. The zero-order chi connectivity index (χ0) is 12.5. The van der Waals surface area contributed by atoms with E-state index in [0.29, 0.717) is 5.92 Å². The Morgan fingerprint density at radius 2 is 1.89 bits per heavy atom. The van der Waals surface area contributed by atoms with Gasteiger partial charge in [-0.3, -0.25) is 0 Å². The van der Waals surface area contributed by atoms with Gasteiger partial charge in [-0.25, -0.2) is 0 Å². The molecule has 0 fully saturated rings. The van der Waals surface area contributed by atoms with E-state index in [2.05, 4.69) is 56.3 Å². The van der Waals surface area contributed by atoms with E-state index in [4.69, 9.17) is 4.42 Å². The van der Waals surface area contributed by atoms with Crippen LogP contribution in [-0.2, 0) is 0 Å². The van der Waals surface area contributed by atoms with Crippen molar-refractivity contribution in [1.29, 1.82) is 0 Å². The molecule has 90 valence electrons. The minimum absolute atomic E-state index is 0.546. The van der Waals surface area contributed by atoms with E-state index in [1.807, 2.05) is 12.3 Å². The predicted molar refractivity (Wildman–Crippen MR) is 77.6 cm³/mol. The van der Waals surface area contributed by atoms with Crippen LogP contribution in [0.4, 0.5) is 0 Å². The molecule has 18 heavy (non-hydrogen) atoms. The third-order valence-electron chi connectivity index (χ3n) is 3.15. The molecule has 0 aliphatic heterocycles. The third kappa shape index (κ3) is 1.82. The molecule has 2 aromatic carbocycles. The SMILES string of the molecule is CC(C)C=Cc1coc2ccc3ccccc3c12. The number of allylic oxidation sites excluding steroid dienone is 1. The average Bonchev–Trinajstić information content (AvgIpc) is 2.80. The molecule has 3 aromatic rings. The van der Waals surface area contributed by atoms with Gasteiger partial charge in [0.15, 0.2) is 0 Å². The van der Waals surface area contributed by atoms with Crippen molar-refractivity contribution in [2.75, 3.05) is 0 Å². The molecule has 0 amide bonds. The Morgan fingerprint density at radius 3 is 2.72 bits per heavy atom. The second-order valence-electron chi connectivity index (χ2n) is 4.95. The number of benzene rings is 2. The highest BCUT2D eigenvalue weighted by molar-refractivity contribution is 6.09. The number of hydrogen-bond acceptors (Lipinski definition) is 1. The summed E-state index contributed by atoms with van der Waals surface area (Å²) in [5, 5.41) is 3.72. The molecule has 0 saturated heterocycles. The monoisotopic (exact) mass is 236 g/mol. The zero-order valence-electron chi connectivity index (χ0n) is 10.7. The fraction of sp³-hybridized carbons (Fsp3) is 0.176. The summed E-state index contributed by atoms with van der Waals surface area (Å²) in [5.74, 6) is 0.546. The van der Waals surface area contributed by atoms with Crippen molar-refractivity contribution >= 4 is 27.8 Å². The van der Waals surface area contributed by atoms with Gasteiger partial charge < -0.3 is 4.42 Å². The van der Waals surface area contributed by atoms with Crippen molar-refractivity contribution in [2.45, 2.75) is 13.8 Å². The maximum Gasteiger partial charge on any atom is 0.135 e. The van der Waals surface area contributed by atoms with Gasteiger partial charge in [0.05, 0.1) is 6.26 Å². The molecular weight excluding hydrogens is 220 g/mol. The molecule has 0 spiro atoms. The van der Waals surface area contributed by atoms with Crippen LogP contribution in [0, 0.1) is 5.92 Å². The van der Waals surface area contributed by atoms with Gasteiger partial charge in [-0.1, -0.05) is 56.3 Å². The summed E-state index contributed by atoms with van der Waals surface area (Å²) < 4.78 is 5.64. The second kappa shape index (κ2) is 4.34. The lowest BCUT2D eigenvalue weighted by molar-refractivity contribution is 0.615. The molecule has 3 rings (SSSR count). The van der Waals surface area contributed by atoms with Crippen LogP contribution in [0.25, 0.3) is 27.8 Å². The summed E-state index contributed by atoms with van der Waals surface area (Å²) in [7, 11) is 0. The molecule has 1 aromatic heterocycles. The molecule has 0 N–H and O–H groups in total. The van der Waals surface area contributed by atoms with Crippen molar-refractivity contribution in [3.8, 4) is 0 Å². The van der Waals surface area contributed by atoms with E-state index in [0.717, 1.165) is 11.1 Å². The molecule has 0 radical (unpaired) electrons. The van der Waals surface area contributed by atoms with Crippen LogP contribution < -0.4 is 0 Å². The van der Waals surface area contributed by atoms with Gasteiger partial charge in [-0.15, -0.1) is 0 Å². The summed E-state index contributed by atoms with van der Waals surface area (Å²) in [6.45, 7) is 4.35. The van der Waals surface area contributed by atoms with Crippen molar-refractivity contribution in [3.63, 3.8) is 0 Å². The van der Waals surface area contributed by atoms with E-state index >= 15 is 0 Å². The van der Waals surface area contributed by atoms with Gasteiger partial charge in [0, 0.05) is 10.9 Å². The minimum atomic E-state index is 0.546. The van der Waals surface area contributed by atoms with E-state index < -0.39 is 0 Å². The molecule has 0 atom stereocenters. The normalized spacial score (nSPS) is 12.2. The Morgan fingerprint density at radius 1 is 1.06 bits per heavy atom. The molecule has 1 heteroatoms. The van der Waals surface area contributed by atoms with Gasteiger partial charge >= 0.3 is 0 Å². The maximum atomic E-state index is 5.64. The smallest absolute Gasteiger partial charge is 0.135 e. The predicted octanol–water partition coefficient (Wildman–Crippen LogP) is 5.26. The lowest BCUT2D eigenvalue weighted by atomic mass is 10.0. The van der Waals surface area contributed by atoms with Crippen LogP contribution in [0.2, 0.25) is 0 Å². The van der Waals surface area contributed by atoms with Crippen LogP contribution in [0.15, 0.2) is 53.2 Å². The molecular formula is C17H16O. The molecule has 1 heterocycles. The highest BCUT2D eigenvalue weighted by Crippen LogP contribution is 2.30. The number of furan rings is 1. The fourth-order valence-electron chi connectivity index (χ4n) is 2.25.